The maximum Gasteiger partial charge on any atom is 0.321 e. The molecule has 4 nitrogen and oxygen atoms in total. The van der Waals surface area contributed by atoms with E-state index in [-0.39, 0.29) is 6.03 Å². The summed E-state index contributed by atoms with van der Waals surface area (Å²) in [7, 11) is 1.71. The minimum atomic E-state index is -0.0136. The smallest absolute Gasteiger partial charge is 0.321 e. The number of ether oxygens (including phenoxy) is 1. The van der Waals surface area contributed by atoms with E-state index >= 15 is 0 Å². The molecule has 1 heterocycles. The van der Waals surface area contributed by atoms with Gasteiger partial charge in [-0.05, 0) is 61.9 Å². The van der Waals surface area contributed by atoms with Crippen molar-refractivity contribution in [3.05, 3.63) is 58.7 Å². The van der Waals surface area contributed by atoms with Crippen molar-refractivity contribution in [1.29, 1.82) is 0 Å². The van der Waals surface area contributed by atoms with Crippen LogP contribution in [0.1, 0.15) is 28.7 Å². The van der Waals surface area contributed by atoms with Gasteiger partial charge < -0.3 is 10.1 Å². The molecule has 2 aromatic rings. The van der Waals surface area contributed by atoms with Crippen LogP contribution in [0.2, 0.25) is 0 Å². The van der Waals surface area contributed by atoms with Crippen LogP contribution in [0.5, 0.6) is 5.75 Å². The number of carbonyl (C=O) groups excluding carboxylic acids is 1. The van der Waals surface area contributed by atoms with Crippen LogP contribution in [0.3, 0.4) is 0 Å². The van der Waals surface area contributed by atoms with Gasteiger partial charge >= 0.3 is 6.03 Å². The monoisotopic (exact) mass is 338 g/mol. The molecule has 4 heteroatoms. The Morgan fingerprint density at radius 3 is 2.56 bits per heavy atom. The molecule has 0 atom stereocenters. The molecule has 3 rings (SSSR count). The molecule has 1 saturated heterocycles. The number of aryl methyl sites for hydroxylation is 4. The Bertz CT molecular complexity index is 753. The first kappa shape index (κ1) is 17.3. The first-order chi connectivity index (χ1) is 12.1. The lowest BCUT2D eigenvalue weighted by molar-refractivity contribution is 0.243. The van der Waals surface area contributed by atoms with Crippen LogP contribution in [0.15, 0.2) is 36.4 Å². The molecule has 1 N–H and O–H groups in total. The zero-order chi connectivity index (χ0) is 17.8. The Kier molecular flexibility index (Phi) is 5.27. The van der Waals surface area contributed by atoms with Crippen molar-refractivity contribution in [2.24, 2.45) is 0 Å². The van der Waals surface area contributed by atoms with Gasteiger partial charge in [-0.2, -0.15) is 0 Å². The SMILES string of the molecule is COc1c(C)cc(N2CCCNC2=O)cc1CCc1ccc(C)cc1. The molecule has 0 saturated carbocycles. The number of nitrogens with zero attached hydrogens (tertiary/aromatic N) is 1. The van der Waals surface area contributed by atoms with Gasteiger partial charge in [0.25, 0.3) is 0 Å². The molecule has 0 aliphatic carbocycles. The summed E-state index contributed by atoms with van der Waals surface area (Å²) in [6.07, 6.45) is 2.80. The van der Waals surface area contributed by atoms with Crippen molar-refractivity contribution in [3.63, 3.8) is 0 Å². The highest BCUT2D eigenvalue weighted by molar-refractivity contribution is 5.93. The summed E-state index contributed by atoms with van der Waals surface area (Å²) in [5, 5.41) is 2.92. The second-order valence-corrected chi connectivity index (χ2v) is 6.68. The number of hydrogen-bond donors (Lipinski definition) is 1. The fourth-order valence-corrected chi connectivity index (χ4v) is 3.37. The Hall–Kier alpha value is -2.49. The number of anilines is 1. The van der Waals surface area contributed by atoms with E-state index in [9.17, 15) is 4.79 Å². The summed E-state index contributed by atoms with van der Waals surface area (Å²) in [6, 6.07) is 12.8. The van der Waals surface area contributed by atoms with E-state index < -0.39 is 0 Å². The zero-order valence-electron chi connectivity index (χ0n) is 15.3. The normalized spacial score (nSPS) is 14.4. The summed E-state index contributed by atoms with van der Waals surface area (Å²) in [5.74, 6) is 0.924. The van der Waals surface area contributed by atoms with Gasteiger partial charge in [-0.25, -0.2) is 4.79 Å². The molecule has 1 aliphatic rings. The number of urea groups is 1. The van der Waals surface area contributed by atoms with Crippen LogP contribution < -0.4 is 15.0 Å². The van der Waals surface area contributed by atoms with Crippen LogP contribution in [0.4, 0.5) is 10.5 Å². The number of amides is 2. The summed E-state index contributed by atoms with van der Waals surface area (Å²) < 4.78 is 5.63. The number of methoxy groups -OCH3 is 1. The van der Waals surface area contributed by atoms with E-state index in [1.54, 1.807) is 7.11 Å². The van der Waals surface area contributed by atoms with Gasteiger partial charge in [0, 0.05) is 18.8 Å². The highest BCUT2D eigenvalue weighted by atomic mass is 16.5. The van der Waals surface area contributed by atoms with E-state index in [0.29, 0.717) is 0 Å². The van der Waals surface area contributed by atoms with Gasteiger partial charge in [0.05, 0.1) is 7.11 Å². The maximum atomic E-state index is 12.2. The van der Waals surface area contributed by atoms with Gasteiger partial charge in [-0.15, -0.1) is 0 Å². The third-order valence-corrected chi connectivity index (χ3v) is 4.74. The zero-order valence-corrected chi connectivity index (χ0v) is 15.3. The van der Waals surface area contributed by atoms with Crippen molar-refractivity contribution < 1.29 is 9.53 Å². The Morgan fingerprint density at radius 2 is 1.88 bits per heavy atom. The van der Waals surface area contributed by atoms with Gasteiger partial charge in [-0.1, -0.05) is 29.8 Å². The van der Waals surface area contributed by atoms with E-state index in [1.165, 1.54) is 11.1 Å². The highest BCUT2D eigenvalue weighted by Crippen LogP contribution is 2.31. The minimum Gasteiger partial charge on any atom is -0.496 e. The molecule has 132 valence electrons. The number of rotatable bonds is 5. The van der Waals surface area contributed by atoms with Crippen molar-refractivity contribution in [2.45, 2.75) is 33.1 Å². The van der Waals surface area contributed by atoms with Gasteiger partial charge in [-0.3, -0.25) is 4.90 Å². The summed E-state index contributed by atoms with van der Waals surface area (Å²) in [5.41, 5.74) is 5.75. The third kappa shape index (κ3) is 3.95. The van der Waals surface area contributed by atoms with Gasteiger partial charge in [0.1, 0.15) is 5.75 Å². The molecular formula is C21H26N2O2. The van der Waals surface area contributed by atoms with E-state index in [1.807, 2.05) is 17.9 Å². The minimum absolute atomic E-state index is 0.0136. The van der Waals surface area contributed by atoms with Crippen LogP contribution in [0, 0.1) is 13.8 Å². The Morgan fingerprint density at radius 1 is 1.12 bits per heavy atom. The maximum absolute atomic E-state index is 12.2. The highest BCUT2D eigenvalue weighted by Gasteiger charge is 2.21. The largest absolute Gasteiger partial charge is 0.496 e. The van der Waals surface area contributed by atoms with Crippen molar-refractivity contribution in [3.8, 4) is 5.75 Å². The number of benzene rings is 2. The van der Waals surface area contributed by atoms with E-state index in [2.05, 4.69) is 42.6 Å². The van der Waals surface area contributed by atoms with E-state index in [0.717, 1.165) is 54.9 Å². The lowest BCUT2D eigenvalue weighted by Gasteiger charge is -2.28. The predicted molar refractivity (Wildman–Crippen MR) is 102 cm³/mol. The molecule has 1 fully saturated rings. The Labute approximate surface area is 149 Å². The van der Waals surface area contributed by atoms with Crippen LogP contribution in [-0.2, 0) is 12.8 Å². The van der Waals surface area contributed by atoms with Crippen LogP contribution >= 0.6 is 0 Å². The molecule has 0 unspecified atom stereocenters. The first-order valence-electron chi connectivity index (χ1n) is 8.87. The standard InChI is InChI=1S/C21H26N2O2/c1-15-5-7-17(8-6-15)9-10-18-14-19(13-16(2)20(18)25-3)23-12-4-11-22-21(23)24/h5-8,13-14H,4,9-12H2,1-3H3,(H,22,24). The van der Waals surface area contributed by atoms with Crippen molar-refractivity contribution >= 4 is 11.7 Å². The van der Waals surface area contributed by atoms with Gasteiger partial charge in [0.15, 0.2) is 0 Å². The Balaban J connectivity index is 1.85. The molecule has 1 aliphatic heterocycles. The molecule has 0 bridgehead atoms. The van der Waals surface area contributed by atoms with Crippen molar-refractivity contribution in [2.75, 3.05) is 25.1 Å². The molecule has 0 radical (unpaired) electrons. The first-order valence-corrected chi connectivity index (χ1v) is 8.87. The molecule has 0 aromatic heterocycles. The molecule has 25 heavy (non-hydrogen) atoms. The molecule has 2 aromatic carbocycles. The fourth-order valence-electron chi connectivity index (χ4n) is 3.37. The van der Waals surface area contributed by atoms with Crippen LogP contribution in [-0.4, -0.2) is 26.2 Å². The summed E-state index contributed by atoms with van der Waals surface area (Å²) in [4.78, 5) is 14.0. The molecular weight excluding hydrogens is 312 g/mol. The lowest BCUT2D eigenvalue weighted by Crippen LogP contribution is -2.46. The second-order valence-electron chi connectivity index (χ2n) is 6.68. The topological polar surface area (TPSA) is 41.6 Å². The predicted octanol–water partition coefficient (Wildman–Crippen LogP) is 4.02. The molecule has 2 amide bonds. The fraction of sp³-hybridized carbons (Fsp3) is 0.381. The lowest BCUT2D eigenvalue weighted by atomic mass is 9.99. The van der Waals surface area contributed by atoms with Crippen LogP contribution in [0.25, 0.3) is 0 Å². The average Bonchev–Trinajstić information content (AvgIpc) is 2.61. The number of carbonyl (C=O) groups is 1. The summed E-state index contributed by atoms with van der Waals surface area (Å²) >= 11 is 0. The van der Waals surface area contributed by atoms with Crippen molar-refractivity contribution in [1.82, 2.24) is 5.32 Å². The quantitative estimate of drug-likeness (QED) is 0.895. The molecule has 0 spiro atoms. The second kappa shape index (κ2) is 7.60. The average molecular weight is 338 g/mol. The number of nitrogens with one attached hydrogen (secondary N) is 1. The third-order valence-electron chi connectivity index (χ3n) is 4.74. The summed E-state index contributed by atoms with van der Waals surface area (Å²) in [6.45, 7) is 5.66. The van der Waals surface area contributed by atoms with E-state index in [4.69, 9.17) is 4.74 Å². The van der Waals surface area contributed by atoms with Gasteiger partial charge in [0.2, 0.25) is 0 Å². The number of hydrogen-bond acceptors (Lipinski definition) is 2.